The van der Waals surface area contributed by atoms with E-state index < -0.39 is 0 Å². The number of nitrogens with zero attached hydrogens (tertiary/aromatic N) is 1. The Bertz CT molecular complexity index is 308. The summed E-state index contributed by atoms with van der Waals surface area (Å²) in [5.74, 6) is 0.702. The van der Waals surface area contributed by atoms with Crippen molar-refractivity contribution in [2.75, 3.05) is 19.2 Å². The van der Waals surface area contributed by atoms with Gasteiger partial charge in [-0.1, -0.05) is 0 Å². The van der Waals surface area contributed by atoms with Crippen molar-refractivity contribution in [2.45, 2.75) is 6.92 Å². The number of ether oxygens (including phenoxy) is 1. The van der Waals surface area contributed by atoms with Crippen LogP contribution in [0.2, 0.25) is 0 Å². The number of nitrogens with one attached hydrogen (secondary N) is 1. The van der Waals surface area contributed by atoms with E-state index in [1.54, 1.807) is 19.2 Å². The Hall–Kier alpha value is -1.71. The van der Waals surface area contributed by atoms with Gasteiger partial charge >= 0.3 is 0 Å². The lowest BCUT2D eigenvalue weighted by molar-refractivity contribution is -0.119. The number of benzene rings is 1. The van der Waals surface area contributed by atoms with Crippen molar-refractivity contribution in [3.05, 3.63) is 24.3 Å². The zero-order valence-electron chi connectivity index (χ0n) is 8.57. The molecule has 0 saturated carbocycles. The highest BCUT2D eigenvalue weighted by Gasteiger charge is 2.01. The number of anilines is 1. The van der Waals surface area contributed by atoms with Gasteiger partial charge in [0.2, 0.25) is 5.91 Å². The molecule has 0 saturated heterocycles. The van der Waals surface area contributed by atoms with E-state index in [9.17, 15) is 4.79 Å². The van der Waals surface area contributed by atoms with Crippen molar-refractivity contribution in [3.63, 3.8) is 0 Å². The first-order valence-corrected chi connectivity index (χ1v) is 4.28. The van der Waals surface area contributed by atoms with Crippen LogP contribution in [-0.4, -0.2) is 20.1 Å². The van der Waals surface area contributed by atoms with Crippen LogP contribution in [0, 0.1) is 0 Å². The number of carbonyl (C=O) groups is 1. The summed E-state index contributed by atoms with van der Waals surface area (Å²) in [7, 11) is 3.40. The van der Waals surface area contributed by atoms with Crippen LogP contribution in [0.15, 0.2) is 24.3 Å². The Kier molecular flexibility index (Phi) is 3.34. The number of methoxy groups -OCH3 is 1. The molecule has 76 valence electrons. The van der Waals surface area contributed by atoms with Crippen LogP contribution in [0.25, 0.3) is 0 Å². The van der Waals surface area contributed by atoms with Crippen LogP contribution in [0.5, 0.6) is 5.75 Å². The van der Waals surface area contributed by atoms with E-state index in [-0.39, 0.29) is 5.91 Å². The first-order valence-electron chi connectivity index (χ1n) is 4.28. The summed E-state index contributed by atoms with van der Waals surface area (Å²) in [6, 6.07) is 7.42. The molecule has 4 heteroatoms. The second-order valence-corrected chi connectivity index (χ2v) is 2.93. The van der Waals surface area contributed by atoms with Gasteiger partial charge in [-0.05, 0) is 24.3 Å². The van der Waals surface area contributed by atoms with E-state index in [0.717, 1.165) is 11.4 Å². The van der Waals surface area contributed by atoms with Crippen molar-refractivity contribution < 1.29 is 9.53 Å². The fraction of sp³-hybridized carbons (Fsp3) is 0.300. The van der Waals surface area contributed by atoms with Crippen LogP contribution in [-0.2, 0) is 4.79 Å². The monoisotopic (exact) mass is 194 g/mol. The van der Waals surface area contributed by atoms with Crippen molar-refractivity contribution in [2.24, 2.45) is 0 Å². The Labute approximate surface area is 83.4 Å². The molecule has 1 N–H and O–H groups in total. The summed E-state index contributed by atoms with van der Waals surface area (Å²) in [6.07, 6.45) is 0. The number of rotatable bonds is 3. The average Bonchev–Trinajstić information content (AvgIpc) is 2.17. The molecule has 0 aromatic heterocycles. The maximum absolute atomic E-state index is 10.8. The first-order chi connectivity index (χ1) is 6.63. The third-order valence-electron chi connectivity index (χ3n) is 1.78. The van der Waals surface area contributed by atoms with Crippen molar-refractivity contribution in [1.82, 2.24) is 5.43 Å². The highest BCUT2D eigenvalue weighted by atomic mass is 16.5. The zero-order valence-corrected chi connectivity index (χ0v) is 8.57. The topological polar surface area (TPSA) is 41.6 Å². The van der Waals surface area contributed by atoms with Gasteiger partial charge in [0.25, 0.3) is 0 Å². The normalized spacial score (nSPS) is 9.36. The van der Waals surface area contributed by atoms with E-state index in [2.05, 4.69) is 5.43 Å². The first kappa shape index (κ1) is 10.4. The molecule has 0 radical (unpaired) electrons. The smallest absolute Gasteiger partial charge is 0.235 e. The van der Waals surface area contributed by atoms with Crippen LogP contribution in [0.3, 0.4) is 0 Å². The van der Waals surface area contributed by atoms with Gasteiger partial charge in [0, 0.05) is 14.0 Å². The van der Waals surface area contributed by atoms with Crippen molar-refractivity contribution in [1.29, 1.82) is 0 Å². The van der Waals surface area contributed by atoms with Gasteiger partial charge in [0.1, 0.15) is 5.75 Å². The molecule has 0 fully saturated rings. The lowest BCUT2D eigenvalue weighted by atomic mass is 10.3. The van der Waals surface area contributed by atoms with Gasteiger partial charge in [0.15, 0.2) is 0 Å². The Morgan fingerprint density at radius 1 is 1.36 bits per heavy atom. The molecule has 1 amide bonds. The lowest BCUT2D eigenvalue weighted by Crippen LogP contribution is -2.37. The van der Waals surface area contributed by atoms with E-state index in [0.29, 0.717) is 0 Å². The molecule has 0 aliphatic carbocycles. The molecular formula is C10H14N2O2. The van der Waals surface area contributed by atoms with Crippen LogP contribution in [0.4, 0.5) is 5.69 Å². The fourth-order valence-corrected chi connectivity index (χ4v) is 1.11. The molecule has 14 heavy (non-hydrogen) atoms. The lowest BCUT2D eigenvalue weighted by Gasteiger charge is -2.19. The third-order valence-corrected chi connectivity index (χ3v) is 1.78. The van der Waals surface area contributed by atoms with E-state index in [1.165, 1.54) is 6.92 Å². The number of hydrogen-bond donors (Lipinski definition) is 1. The molecule has 1 aromatic rings. The van der Waals surface area contributed by atoms with E-state index in [1.807, 2.05) is 24.3 Å². The third kappa shape index (κ3) is 2.65. The van der Waals surface area contributed by atoms with E-state index in [4.69, 9.17) is 4.74 Å². The van der Waals surface area contributed by atoms with Crippen molar-refractivity contribution >= 4 is 11.6 Å². The molecule has 1 aromatic carbocycles. The molecule has 0 aliphatic rings. The number of hydrazine groups is 1. The zero-order chi connectivity index (χ0) is 10.6. The number of hydrogen-bond acceptors (Lipinski definition) is 3. The summed E-state index contributed by atoms with van der Waals surface area (Å²) in [5.41, 5.74) is 3.55. The summed E-state index contributed by atoms with van der Waals surface area (Å²) in [6.45, 7) is 1.47. The van der Waals surface area contributed by atoms with Gasteiger partial charge in [-0.3, -0.25) is 15.2 Å². The van der Waals surface area contributed by atoms with Crippen molar-refractivity contribution in [3.8, 4) is 5.75 Å². The van der Waals surface area contributed by atoms with Crippen LogP contribution < -0.4 is 15.2 Å². The minimum absolute atomic E-state index is 0.0941. The maximum atomic E-state index is 10.8. The molecule has 0 unspecified atom stereocenters. The second-order valence-electron chi connectivity index (χ2n) is 2.93. The molecule has 0 atom stereocenters. The van der Waals surface area contributed by atoms with Gasteiger partial charge in [-0.25, -0.2) is 0 Å². The molecule has 0 spiro atoms. The molecule has 0 aliphatic heterocycles. The van der Waals surface area contributed by atoms with Crippen LogP contribution in [0.1, 0.15) is 6.92 Å². The summed E-state index contributed by atoms with van der Waals surface area (Å²) < 4.78 is 5.02. The van der Waals surface area contributed by atoms with Gasteiger partial charge < -0.3 is 4.74 Å². The van der Waals surface area contributed by atoms with Gasteiger partial charge in [0.05, 0.1) is 12.8 Å². The second kappa shape index (κ2) is 4.50. The Balaban J connectivity index is 2.71. The standard InChI is InChI=1S/C10H14N2O2/c1-8(13)11-12(2)9-4-6-10(14-3)7-5-9/h4-7H,1-3H3,(H,11,13). The number of carbonyl (C=O) groups excluding carboxylic acids is 1. The van der Waals surface area contributed by atoms with E-state index >= 15 is 0 Å². The SMILES string of the molecule is COc1ccc(N(C)NC(C)=O)cc1. The number of amides is 1. The highest BCUT2D eigenvalue weighted by Crippen LogP contribution is 2.16. The Morgan fingerprint density at radius 2 is 1.93 bits per heavy atom. The Morgan fingerprint density at radius 3 is 2.36 bits per heavy atom. The molecule has 0 heterocycles. The summed E-state index contributed by atoms with van der Waals surface area (Å²) >= 11 is 0. The summed E-state index contributed by atoms with van der Waals surface area (Å²) in [4.78, 5) is 10.8. The minimum atomic E-state index is -0.0941. The van der Waals surface area contributed by atoms with Gasteiger partial charge in [-0.2, -0.15) is 0 Å². The molecular weight excluding hydrogens is 180 g/mol. The largest absolute Gasteiger partial charge is 0.497 e. The summed E-state index contributed by atoms with van der Waals surface area (Å²) in [5, 5.41) is 1.65. The molecule has 0 bridgehead atoms. The average molecular weight is 194 g/mol. The maximum Gasteiger partial charge on any atom is 0.235 e. The fourth-order valence-electron chi connectivity index (χ4n) is 1.11. The van der Waals surface area contributed by atoms with Gasteiger partial charge in [-0.15, -0.1) is 0 Å². The molecule has 4 nitrogen and oxygen atoms in total. The highest BCUT2D eigenvalue weighted by molar-refractivity contribution is 5.75. The van der Waals surface area contributed by atoms with Crippen LogP contribution >= 0.6 is 0 Å². The minimum Gasteiger partial charge on any atom is -0.497 e. The predicted molar refractivity (Wildman–Crippen MR) is 55.2 cm³/mol. The predicted octanol–water partition coefficient (Wildman–Crippen LogP) is 1.18. The molecule has 1 rings (SSSR count). The quantitative estimate of drug-likeness (QED) is 0.735.